The fourth-order valence-corrected chi connectivity index (χ4v) is 6.20. The van der Waals surface area contributed by atoms with E-state index in [0.717, 1.165) is 11.3 Å². The zero-order valence-corrected chi connectivity index (χ0v) is 19.1. The first-order valence-electron chi connectivity index (χ1n) is 10.3. The van der Waals surface area contributed by atoms with Gasteiger partial charge in [0.15, 0.2) is 26.8 Å². The molecule has 2 aromatic rings. The highest BCUT2D eigenvalue weighted by Crippen LogP contribution is 2.30. The average molecular weight is 495 g/mol. The van der Waals surface area contributed by atoms with Gasteiger partial charge >= 0.3 is 5.97 Å². The van der Waals surface area contributed by atoms with E-state index in [2.05, 4.69) is 10.3 Å². The number of benzene rings is 1. The van der Waals surface area contributed by atoms with Gasteiger partial charge in [0.2, 0.25) is 0 Å². The quantitative estimate of drug-likeness (QED) is 0.563. The van der Waals surface area contributed by atoms with Gasteiger partial charge in [0, 0.05) is 24.8 Å². The van der Waals surface area contributed by atoms with Crippen molar-refractivity contribution in [3.05, 3.63) is 40.9 Å². The smallest absolute Gasteiger partial charge is 0.355 e. The molecule has 2 heterocycles. The maximum absolute atomic E-state index is 13.0. The minimum Gasteiger partial charge on any atom is -0.476 e. The van der Waals surface area contributed by atoms with Crippen molar-refractivity contribution < 1.29 is 37.4 Å². The van der Waals surface area contributed by atoms with Gasteiger partial charge in [-0.25, -0.2) is 18.2 Å². The molecule has 4 rings (SSSR count). The average Bonchev–Trinajstić information content (AvgIpc) is 3.54. The van der Waals surface area contributed by atoms with E-state index >= 15 is 0 Å². The molecule has 2 N–H and O–H groups in total. The van der Waals surface area contributed by atoms with Crippen LogP contribution in [0.25, 0.3) is 0 Å². The van der Waals surface area contributed by atoms with Crippen molar-refractivity contribution in [2.24, 2.45) is 0 Å². The number of aromatic nitrogens is 1. The van der Waals surface area contributed by atoms with Gasteiger partial charge in [-0.3, -0.25) is 14.9 Å². The molecule has 1 aromatic heterocycles. The topological polar surface area (TPSA) is 149 Å². The summed E-state index contributed by atoms with van der Waals surface area (Å²) < 4.78 is 36.9. The molecule has 12 heteroatoms. The number of anilines is 1. The Morgan fingerprint density at radius 3 is 2.58 bits per heavy atom. The largest absolute Gasteiger partial charge is 0.476 e. The minimum absolute atomic E-state index is 0.0199. The van der Waals surface area contributed by atoms with Crippen LogP contribution in [-0.2, 0) is 28.9 Å². The molecule has 176 valence electrons. The lowest BCUT2D eigenvalue weighted by Gasteiger charge is -2.21. The molecule has 0 spiro atoms. The van der Waals surface area contributed by atoms with Crippen LogP contribution in [0.5, 0.6) is 0 Å². The Balaban J connectivity index is 1.55. The Morgan fingerprint density at radius 2 is 2.00 bits per heavy atom. The van der Waals surface area contributed by atoms with E-state index in [1.807, 2.05) is 0 Å². The first kappa shape index (κ1) is 23.5. The SMILES string of the molecule is O=C1CCC(S(=O)(=O)c2ccc(C(OC3CCOC3)C(=O)Nc3nc(C(=O)O)cs3)cc2)C1. The first-order chi connectivity index (χ1) is 15.7. The molecular weight excluding hydrogens is 472 g/mol. The first-order valence-corrected chi connectivity index (χ1v) is 12.7. The number of carboxylic acid groups (broad SMARTS) is 1. The standard InChI is InChI=1S/C21H22N2O8S2/c24-13-3-6-16(9-13)33(28,29)15-4-1-12(2-5-15)18(31-14-7-8-30-10-14)19(25)23-21-22-17(11-32-21)20(26)27/h1-2,4-5,11,14,16,18H,3,6-10H2,(H,26,27)(H,22,23,25). The predicted molar refractivity (Wildman–Crippen MR) is 117 cm³/mol. The zero-order valence-electron chi connectivity index (χ0n) is 17.4. The lowest BCUT2D eigenvalue weighted by molar-refractivity contribution is -0.132. The van der Waals surface area contributed by atoms with Crippen LogP contribution in [0.15, 0.2) is 34.5 Å². The van der Waals surface area contributed by atoms with Gasteiger partial charge in [0.25, 0.3) is 5.91 Å². The summed E-state index contributed by atoms with van der Waals surface area (Å²) in [7, 11) is -3.66. The third-order valence-electron chi connectivity index (χ3n) is 5.56. The number of amides is 1. The van der Waals surface area contributed by atoms with E-state index in [-0.39, 0.29) is 40.4 Å². The highest BCUT2D eigenvalue weighted by Gasteiger charge is 2.35. The number of hydrogen-bond donors (Lipinski definition) is 2. The van der Waals surface area contributed by atoms with Gasteiger partial charge in [-0.1, -0.05) is 12.1 Å². The number of ketones is 1. The summed E-state index contributed by atoms with van der Waals surface area (Å²) in [6, 6.07) is 5.84. The summed E-state index contributed by atoms with van der Waals surface area (Å²) in [6.45, 7) is 0.830. The third kappa shape index (κ3) is 5.29. The number of hydrogen-bond acceptors (Lipinski definition) is 9. The highest BCUT2D eigenvalue weighted by atomic mass is 32.2. The number of sulfone groups is 1. The molecule has 0 radical (unpaired) electrons. The number of nitrogens with one attached hydrogen (secondary N) is 1. The number of Topliss-reactive ketones (excluding diaryl/α,β-unsaturated/α-hetero) is 1. The normalized spacial score (nSPS) is 21.8. The van der Waals surface area contributed by atoms with Crippen LogP contribution in [0.1, 0.15) is 47.8 Å². The molecule has 33 heavy (non-hydrogen) atoms. The van der Waals surface area contributed by atoms with Crippen LogP contribution in [0, 0.1) is 0 Å². The Labute approximate surface area is 193 Å². The van der Waals surface area contributed by atoms with Crippen molar-refractivity contribution in [2.75, 3.05) is 18.5 Å². The molecule has 1 aliphatic heterocycles. The number of thiazole rings is 1. The Hall–Kier alpha value is -2.67. The Bertz CT molecular complexity index is 1150. The number of rotatable bonds is 8. The van der Waals surface area contributed by atoms with Crippen LogP contribution in [0.4, 0.5) is 5.13 Å². The Kier molecular flexibility index (Phi) is 6.88. The fraction of sp³-hybridized carbons (Fsp3) is 0.429. The zero-order chi connectivity index (χ0) is 23.6. The predicted octanol–water partition coefficient (Wildman–Crippen LogP) is 2.22. The van der Waals surface area contributed by atoms with E-state index in [9.17, 15) is 22.8 Å². The molecule has 1 aromatic carbocycles. The second-order valence-corrected chi connectivity index (χ2v) is 10.9. The van der Waals surface area contributed by atoms with Gasteiger partial charge in [0.05, 0.1) is 22.9 Å². The molecule has 2 fully saturated rings. The second-order valence-electron chi connectivity index (χ2n) is 7.85. The van der Waals surface area contributed by atoms with E-state index in [0.29, 0.717) is 31.6 Å². The number of aromatic carboxylic acids is 1. The van der Waals surface area contributed by atoms with Gasteiger partial charge in [-0.15, -0.1) is 11.3 Å². The summed E-state index contributed by atoms with van der Waals surface area (Å²) in [5.41, 5.74) is 0.243. The maximum Gasteiger partial charge on any atom is 0.355 e. The van der Waals surface area contributed by atoms with Crippen LogP contribution < -0.4 is 5.32 Å². The molecule has 0 bridgehead atoms. The van der Waals surface area contributed by atoms with Crippen LogP contribution >= 0.6 is 11.3 Å². The van der Waals surface area contributed by atoms with Crippen LogP contribution in [-0.4, -0.2) is 60.7 Å². The maximum atomic E-state index is 13.0. The van der Waals surface area contributed by atoms with E-state index in [1.54, 1.807) is 0 Å². The lowest BCUT2D eigenvalue weighted by Crippen LogP contribution is -2.28. The Morgan fingerprint density at radius 1 is 1.24 bits per heavy atom. The third-order valence-corrected chi connectivity index (χ3v) is 8.53. The van der Waals surface area contributed by atoms with Gasteiger partial charge < -0.3 is 14.6 Å². The summed E-state index contributed by atoms with van der Waals surface area (Å²) in [5, 5.41) is 12.3. The lowest BCUT2D eigenvalue weighted by atomic mass is 10.1. The fourth-order valence-electron chi connectivity index (χ4n) is 3.77. The van der Waals surface area contributed by atoms with E-state index in [1.165, 1.54) is 29.6 Å². The number of nitrogens with zero attached hydrogens (tertiary/aromatic N) is 1. The van der Waals surface area contributed by atoms with Gasteiger partial charge in [-0.2, -0.15) is 0 Å². The van der Waals surface area contributed by atoms with Gasteiger partial charge in [0.1, 0.15) is 5.78 Å². The van der Waals surface area contributed by atoms with E-state index < -0.39 is 33.1 Å². The van der Waals surface area contributed by atoms with Crippen molar-refractivity contribution in [1.82, 2.24) is 4.98 Å². The summed E-state index contributed by atoms with van der Waals surface area (Å²) in [5.74, 6) is -1.83. The van der Waals surface area contributed by atoms with Crippen molar-refractivity contribution in [1.29, 1.82) is 0 Å². The van der Waals surface area contributed by atoms with Gasteiger partial charge in [-0.05, 0) is 30.5 Å². The molecule has 1 aliphatic carbocycles. The van der Waals surface area contributed by atoms with E-state index in [4.69, 9.17) is 14.6 Å². The minimum atomic E-state index is -3.66. The molecule has 1 amide bonds. The molecule has 1 saturated heterocycles. The summed E-state index contributed by atoms with van der Waals surface area (Å²) in [4.78, 5) is 39.5. The van der Waals surface area contributed by atoms with Crippen LogP contribution in [0.3, 0.4) is 0 Å². The number of carboxylic acids is 1. The van der Waals surface area contributed by atoms with Crippen molar-refractivity contribution in [2.45, 2.75) is 48.0 Å². The second kappa shape index (κ2) is 9.67. The molecule has 3 unspecified atom stereocenters. The molecular formula is C21H22N2O8S2. The summed E-state index contributed by atoms with van der Waals surface area (Å²) >= 11 is 0.971. The highest BCUT2D eigenvalue weighted by molar-refractivity contribution is 7.92. The summed E-state index contributed by atoms with van der Waals surface area (Å²) in [6.07, 6.45) is -0.205. The van der Waals surface area contributed by atoms with Crippen LogP contribution in [0.2, 0.25) is 0 Å². The molecule has 2 aliphatic rings. The number of carbonyl (C=O) groups excluding carboxylic acids is 2. The molecule has 3 atom stereocenters. The number of ether oxygens (including phenoxy) is 2. The number of carbonyl (C=O) groups is 3. The monoisotopic (exact) mass is 494 g/mol. The van der Waals surface area contributed by atoms with Crippen molar-refractivity contribution >= 4 is 44.0 Å². The van der Waals surface area contributed by atoms with Crippen molar-refractivity contribution in [3.8, 4) is 0 Å². The van der Waals surface area contributed by atoms with Crippen molar-refractivity contribution in [3.63, 3.8) is 0 Å². The molecule has 1 saturated carbocycles. The molecule has 10 nitrogen and oxygen atoms in total.